The van der Waals surface area contributed by atoms with E-state index in [-0.39, 0.29) is 28.4 Å². The Morgan fingerprint density at radius 3 is 2.60 bits per heavy atom. The number of carbonyl (C=O) groups is 2. The third-order valence-corrected chi connectivity index (χ3v) is 6.07. The molecule has 42 heavy (non-hydrogen) atoms. The number of rotatable bonds is 9. The minimum absolute atomic E-state index is 0.0740. The fraction of sp³-hybridized carbons (Fsp3) is 0.0667. The average Bonchev–Trinajstić information content (AvgIpc) is 3.43. The average molecular weight is 567 g/mol. The molecule has 5 aromatic rings. The maximum atomic E-state index is 12.9. The third-order valence-electron chi connectivity index (χ3n) is 6.07. The lowest BCUT2D eigenvalue weighted by Crippen LogP contribution is -2.20. The Kier molecular flexibility index (Phi) is 7.87. The second kappa shape index (κ2) is 12.0. The normalized spacial score (nSPS) is 11.0. The number of esters is 1. The number of nitrogens with one attached hydrogen (secondary N) is 1. The molecule has 12 nitrogen and oxygen atoms in total. The van der Waals surface area contributed by atoms with Gasteiger partial charge in [0.05, 0.1) is 35.0 Å². The van der Waals surface area contributed by atoms with Gasteiger partial charge in [0.2, 0.25) is 0 Å². The summed E-state index contributed by atoms with van der Waals surface area (Å²) in [6.07, 6.45) is 4.19. The van der Waals surface area contributed by atoms with E-state index < -0.39 is 29.0 Å². The van der Waals surface area contributed by atoms with Crippen LogP contribution in [-0.4, -0.2) is 40.3 Å². The fourth-order valence-electron chi connectivity index (χ4n) is 4.08. The van der Waals surface area contributed by atoms with E-state index in [9.17, 15) is 24.5 Å². The molecule has 0 saturated carbocycles. The van der Waals surface area contributed by atoms with Gasteiger partial charge in [0, 0.05) is 29.3 Å². The zero-order valence-electron chi connectivity index (χ0n) is 22.1. The highest BCUT2D eigenvalue weighted by molar-refractivity contribution is 5.96. The molecule has 0 radical (unpaired) electrons. The number of fused-ring (bicyclic) bond motifs is 1. The highest BCUT2D eigenvalue weighted by Gasteiger charge is 2.17. The summed E-state index contributed by atoms with van der Waals surface area (Å²) in [5, 5.41) is 18.7. The summed E-state index contributed by atoms with van der Waals surface area (Å²) in [6.45, 7) is -0.631. The topological polar surface area (TPSA) is 156 Å². The van der Waals surface area contributed by atoms with Crippen LogP contribution >= 0.6 is 0 Å². The molecular formula is C30H22N4O8. The van der Waals surface area contributed by atoms with Gasteiger partial charge in [-0.3, -0.25) is 14.9 Å². The van der Waals surface area contributed by atoms with Crippen LogP contribution in [0.2, 0.25) is 0 Å². The predicted octanol–water partition coefficient (Wildman–Crippen LogP) is 4.76. The van der Waals surface area contributed by atoms with Crippen molar-refractivity contribution >= 4 is 40.3 Å². The van der Waals surface area contributed by atoms with Gasteiger partial charge in [-0.2, -0.15) is 5.10 Å². The Morgan fingerprint density at radius 2 is 1.83 bits per heavy atom. The monoisotopic (exact) mass is 566 g/mol. The Bertz CT molecular complexity index is 1890. The van der Waals surface area contributed by atoms with Crippen LogP contribution in [0.5, 0.6) is 5.75 Å². The number of para-hydroxylation sites is 2. The first-order valence-electron chi connectivity index (χ1n) is 12.5. The molecule has 0 aliphatic heterocycles. The van der Waals surface area contributed by atoms with E-state index >= 15 is 0 Å². The first kappa shape index (κ1) is 27.5. The second-order valence-corrected chi connectivity index (χ2v) is 8.83. The van der Waals surface area contributed by atoms with Crippen LogP contribution in [0.15, 0.2) is 100 Å². The number of amides is 1. The van der Waals surface area contributed by atoms with Gasteiger partial charge in [-0.25, -0.2) is 14.3 Å². The van der Waals surface area contributed by atoms with Crippen molar-refractivity contribution in [2.75, 3.05) is 19.0 Å². The van der Waals surface area contributed by atoms with E-state index in [4.69, 9.17) is 13.9 Å². The number of anilines is 1. The lowest BCUT2D eigenvalue weighted by atomic mass is 10.1. The van der Waals surface area contributed by atoms with Crippen molar-refractivity contribution in [3.05, 3.63) is 117 Å². The van der Waals surface area contributed by atoms with E-state index in [1.807, 2.05) is 36.4 Å². The number of hydrogen-bond acceptors (Lipinski definition) is 9. The van der Waals surface area contributed by atoms with Gasteiger partial charge in [0.15, 0.2) is 6.61 Å². The molecule has 0 aliphatic carbocycles. The lowest BCUT2D eigenvalue weighted by molar-refractivity contribution is -0.384. The first-order valence-corrected chi connectivity index (χ1v) is 12.5. The van der Waals surface area contributed by atoms with Crippen molar-refractivity contribution in [1.29, 1.82) is 0 Å². The van der Waals surface area contributed by atoms with Crippen LogP contribution in [-0.2, 0) is 14.3 Å². The summed E-state index contributed by atoms with van der Waals surface area (Å²) >= 11 is 0. The highest BCUT2D eigenvalue weighted by atomic mass is 16.6. The molecule has 0 bridgehead atoms. The van der Waals surface area contributed by atoms with Crippen LogP contribution < -0.4 is 15.7 Å². The number of nitrogens with zero attached hydrogens (tertiary/aromatic N) is 3. The second-order valence-electron chi connectivity index (χ2n) is 8.83. The van der Waals surface area contributed by atoms with Gasteiger partial charge < -0.3 is 19.2 Å². The zero-order valence-corrected chi connectivity index (χ0v) is 22.1. The van der Waals surface area contributed by atoms with Crippen molar-refractivity contribution in [2.24, 2.45) is 0 Å². The van der Waals surface area contributed by atoms with Crippen molar-refractivity contribution in [1.82, 2.24) is 9.78 Å². The number of nitro groups is 1. The van der Waals surface area contributed by atoms with Crippen molar-refractivity contribution < 1.29 is 28.4 Å². The van der Waals surface area contributed by atoms with Gasteiger partial charge >= 0.3 is 11.6 Å². The zero-order chi connectivity index (χ0) is 29.6. The van der Waals surface area contributed by atoms with E-state index in [0.717, 1.165) is 17.8 Å². The van der Waals surface area contributed by atoms with Crippen LogP contribution in [0.4, 0.5) is 11.4 Å². The lowest BCUT2D eigenvalue weighted by Gasteiger charge is -2.09. The molecule has 3 aromatic carbocycles. The van der Waals surface area contributed by atoms with Gasteiger partial charge in [-0.15, -0.1) is 0 Å². The minimum atomic E-state index is -0.829. The van der Waals surface area contributed by atoms with Crippen molar-refractivity contribution in [2.45, 2.75) is 0 Å². The van der Waals surface area contributed by atoms with Gasteiger partial charge in [0.1, 0.15) is 17.0 Å². The molecule has 0 spiro atoms. The van der Waals surface area contributed by atoms with Crippen LogP contribution in [0.1, 0.15) is 5.56 Å². The number of ether oxygens (including phenoxy) is 2. The maximum absolute atomic E-state index is 12.9. The minimum Gasteiger partial charge on any atom is -0.494 e. The molecule has 2 aromatic heterocycles. The molecule has 0 aliphatic rings. The van der Waals surface area contributed by atoms with Crippen molar-refractivity contribution in [3.63, 3.8) is 0 Å². The van der Waals surface area contributed by atoms with Crippen molar-refractivity contribution in [3.8, 4) is 22.7 Å². The summed E-state index contributed by atoms with van der Waals surface area (Å²) < 4.78 is 17.2. The smallest absolute Gasteiger partial charge is 0.345 e. The highest BCUT2D eigenvalue weighted by Crippen LogP contribution is 2.29. The number of carbonyl (C=O) groups excluding carboxylic acids is 2. The molecule has 12 heteroatoms. The summed E-state index contributed by atoms with van der Waals surface area (Å²) in [5.41, 5.74) is 1.44. The van der Waals surface area contributed by atoms with Crippen LogP contribution in [0, 0.1) is 10.1 Å². The molecule has 0 atom stereocenters. The molecule has 0 unspecified atom stereocenters. The Morgan fingerprint density at radius 1 is 1.07 bits per heavy atom. The number of non-ortho nitro benzene ring substituents is 1. The standard InChI is InChI=1S/C30H22N4O8/c1-40-26-16-22(34(38)39)12-13-24(26)31-27(35)18-41-28(36)14-11-20-17-33(21-8-3-2-4-9-21)32-29(20)23-15-19-7-5-6-10-25(19)42-30(23)37/h2-17H,18H2,1H3,(H,31,35). The molecule has 5 rings (SSSR count). The number of hydrogen-bond donors (Lipinski definition) is 1. The van der Waals surface area contributed by atoms with E-state index in [0.29, 0.717) is 16.5 Å². The van der Waals surface area contributed by atoms with E-state index in [1.54, 1.807) is 35.1 Å². The summed E-state index contributed by atoms with van der Waals surface area (Å²) in [5.74, 6) is -1.44. The van der Waals surface area contributed by atoms with Crippen LogP contribution in [0.25, 0.3) is 34.0 Å². The molecule has 1 amide bonds. The predicted molar refractivity (Wildman–Crippen MR) is 153 cm³/mol. The molecule has 0 saturated heterocycles. The number of nitro benzene ring substituents is 1. The van der Waals surface area contributed by atoms with E-state index in [2.05, 4.69) is 10.4 Å². The van der Waals surface area contributed by atoms with Gasteiger partial charge in [0.25, 0.3) is 11.6 Å². The quantitative estimate of drug-likeness (QED) is 0.0874. The Balaban J connectivity index is 1.35. The Labute approximate surface area is 237 Å². The summed E-state index contributed by atoms with van der Waals surface area (Å²) in [6, 6.07) is 21.6. The van der Waals surface area contributed by atoms with Gasteiger partial charge in [-0.05, 0) is 36.4 Å². The molecule has 210 valence electrons. The number of aromatic nitrogens is 2. The molecule has 0 fully saturated rings. The largest absolute Gasteiger partial charge is 0.494 e. The summed E-state index contributed by atoms with van der Waals surface area (Å²) in [4.78, 5) is 48.1. The molecular weight excluding hydrogens is 544 g/mol. The maximum Gasteiger partial charge on any atom is 0.345 e. The summed E-state index contributed by atoms with van der Waals surface area (Å²) in [7, 11) is 1.30. The van der Waals surface area contributed by atoms with Crippen LogP contribution in [0.3, 0.4) is 0 Å². The van der Waals surface area contributed by atoms with E-state index in [1.165, 1.54) is 25.3 Å². The number of methoxy groups -OCH3 is 1. The molecule has 2 heterocycles. The fourth-order valence-corrected chi connectivity index (χ4v) is 4.08. The SMILES string of the molecule is COc1cc([N+](=O)[O-])ccc1NC(=O)COC(=O)C=Cc1cn(-c2ccccc2)nc1-c1cc2ccccc2oc1=O. The Hall–Kier alpha value is -6.04. The first-order chi connectivity index (χ1) is 20.3. The molecule has 1 N–H and O–H groups in total. The third kappa shape index (κ3) is 6.07. The number of benzene rings is 3. The van der Waals surface area contributed by atoms with Gasteiger partial charge in [-0.1, -0.05) is 36.4 Å².